The largest absolute Gasteiger partial charge is 0.543 e. The number of hydrogen-bond acceptors (Lipinski definition) is 3. The number of nitriles is 1. The van der Waals surface area contributed by atoms with E-state index in [4.69, 9.17) is 9.53 Å². The molecular formula is C18H27NO2Si. The van der Waals surface area contributed by atoms with Crippen LogP contribution in [0.5, 0.6) is 5.75 Å². The Morgan fingerprint density at radius 1 is 1.36 bits per heavy atom. The van der Waals surface area contributed by atoms with Gasteiger partial charge < -0.3 is 9.53 Å². The second kappa shape index (κ2) is 5.71. The Balaban J connectivity index is 2.19. The molecule has 3 nitrogen and oxygen atoms in total. The smallest absolute Gasteiger partial charge is 0.250 e. The molecule has 0 amide bonds. The molecule has 120 valence electrons. The third kappa shape index (κ3) is 2.93. The Bertz CT molecular complexity index is 598. The molecule has 0 saturated carbocycles. The van der Waals surface area contributed by atoms with Gasteiger partial charge in [-0.05, 0) is 60.7 Å². The predicted octanol–water partition coefficient (Wildman–Crippen LogP) is 4.16. The monoisotopic (exact) mass is 317 g/mol. The van der Waals surface area contributed by atoms with E-state index in [2.05, 4.69) is 46.0 Å². The van der Waals surface area contributed by atoms with Crippen molar-refractivity contribution in [2.45, 2.75) is 63.6 Å². The van der Waals surface area contributed by atoms with Crippen LogP contribution in [-0.2, 0) is 11.8 Å². The van der Waals surface area contributed by atoms with Crippen molar-refractivity contribution in [1.82, 2.24) is 0 Å². The van der Waals surface area contributed by atoms with Crippen molar-refractivity contribution in [1.29, 1.82) is 5.26 Å². The van der Waals surface area contributed by atoms with E-state index in [-0.39, 0.29) is 11.6 Å². The summed E-state index contributed by atoms with van der Waals surface area (Å²) in [6.45, 7) is 11.3. The summed E-state index contributed by atoms with van der Waals surface area (Å²) in [4.78, 5) is 0. The maximum Gasteiger partial charge on any atom is 0.250 e. The van der Waals surface area contributed by atoms with Crippen molar-refractivity contribution in [3.8, 4) is 11.8 Å². The predicted molar refractivity (Wildman–Crippen MR) is 91.6 cm³/mol. The first-order valence-electron chi connectivity index (χ1n) is 8.00. The molecule has 1 aromatic carbocycles. The summed E-state index contributed by atoms with van der Waals surface area (Å²) < 4.78 is 6.33. The molecule has 1 atom stereocenters. The number of rotatable bonds is 5. The summed E-state index contributed by atoms with van der Waals surface area (Å²) in [6, 6.07) is 8.60. The van der Waals surface area contributed by atoms with Crippen molar-refractivity contribution < 1.29 is 9.53 Å². The van der Waals surface area contributed by atoms with Crippen LogP contribution < -0.4 is 4.43 Å². The first-order chi connectivity index (χ1) is 10.1. The normalized spacial score (nSPS) is 20.8. The summed E-state index contributed by atoms with van der Waals surface area (Å²) in [5, 5.41) is 18.7. The van der Waals surface area contributed by atoms with E-state index in [1.807, 2.05) is 12.1 Å². The molecule has 1 N–H and O–H groups in total. The fraction of sp³-hybridized carbons (Fsp3) is 0.611. The van der Waals surface area contributed by atoms with Gasteiger partial charge in [0.05, 0.1) is 11.5 Å². The highest BCUT2D eigenvalue weighted by molar-refractivity contribution is 6.74. The van der Waals surface area contributed by atoms with Crippen molar-refractivity contribution in [3.05, 3.63) is 29.3 Å². The lowest BCUT2D eigenvalue weighted by atomic mass is 9.62. The van der Waals surface area contributed by atoms with E-state index in [0.29, 0.717) is 6.42 Å². The molecule has 1 aliphatic rings. The maximum absolute atomic E-state index is 9.52. The molecule has 22 heavy (non-hydrogen) atoms. The second-order valence-corrected chi connectivity index (χ2v) is 12.6. The average Bonchev–Trinajstić information content (AvgIpc) is 2.39. The summed E-state index contributed by atoms with van der Waals surface area (Å²) in [6.07, 6.45) is 2.18. The van der Waals surface area contributed by atoms with Gasteiger partial charge in [0.1, 0.15) is 5.75 Å². The fourth-order valence-electron chi connectivity index (χ4n) is 2.77. The van der Waals surface area contributed by atoms with Gasteiger partial charge in [0.15, 0.2) is 0 Å². The van der Waals surface area contributed by atoms with Crippen LogP contribution >= 0.6 is 0 Å². The number of aliphatic hydroxyl groups is 1. The van der Waals surface area contributed by atoms with Crippen LogP contribution in [0.2, 0.25) is 18.1 Å². The lowest BCUT2D eigenvalue weighted by molar-refractivity contribution is 0.266. The van der Waals surface area contributed by atoms with Crippen LogP contribution in [0.15, 0.2) is 18.2 Å². The van der Waals surface area contributed by atoms with Crippen LogP contribution in [0.1, 0.15) is 44.7 Å². The number of hydrogen-bond donors (Lipinski definition) is 1. The van der Waals surface area contributed by atoms with Gasteiger partial charge in [-0.2, -0.15) is 5.26 Å². The molecule has 0 aromatic heterocycles. The van der Waals surface area contributed by atoms with Crippen LogP contribution in [-0.4, -0.2) is 20.0 Å². The molecule has 1 unspecified atom stereocenters. The van der Waals surface area contributed by atoms with Crippen molar-refractivity contribution in [2.24, 2.45) is 0 Å². The van der Waals surface area contributed by atoms with Gasteiger partial charge in [-0.1, -0.05) is 26.8 Å². The van der Waals surface area contributed by atoms with Crippen LogP contribution in [0.4, 0.5) is 0 Å². The highest BCUT2D eigenvalue weighted by Gasteiger charge is 2.43. The van der Waals surface area contributed by atoms with E-state index in [9.17, 15) is 5.26 Å². The number of aliphatic hydroxyl groups excluding tert-OH is 1. The zero-order chi connectivity index (χ0) is 16.6. The molecule has 0 aliphatic heterocycles. The molecule has 0 saturated heterocycles. The SMILES string of the molecule is CC(C)(C)[Si](C)(C)Oc1ccc2c(c1)CC2(C#N)CCCO. The summed E-state index contributed by atoms with van der Waals surface area (Å²) in [7, 11) is -1.82. The van der Waals surface area contributed by atoms with E-state index < -0.39 is 13.7 Å². The quantitative estimate of drug-likeness (QED) is 0.830. The maximum atomic E-state index is 9.52. The van der Waals surface area contributed by atoms with Crippen molar-refractivity contribution in [2.75, 3.05) is 6.61 Å². The molecule has 1 aromatic rings. The number of nitrogens with zero attached hydrogens (tertiary/aromatic N) is 1. The fourth-order valence-corrected chi connectivity index (χ4v) is 3.79. The van der Waals surface area contributed by atoms with E-state index in [0.717, 1.165) is 24.2 Å². The minimum atomic E-state index is -1.82. The molecule has 0 bridgehead atoms. The first kappa shape index (κ1) is 17.0. The second-order valence-electron chi connectivity index (χ2n) is 7.88. The Morgan fingerprint density at radius 3 is 2.55 bits per heavy atom. The number of fused-ring (bicyclic) bond motifs is 1. The zero-order valence-corrected chi connectivity index (χ0v) is 15.4. The summed E-state index contributed by atoms with van der Waals surface area (Å²) in [5.74, 6) is 0.930. The third-order valence-electron chi connectivity index (χ3n) is 5.24. The van der Waals surface area contributed by atoms with Crippen molar-refractivity contribution in [3.63, 3.8) is 0 Å². The van der Waals surface area contributed by atoms with Crippen molar-refractivity contribution >= 4 is 8.32 Å². The Hall–Kier alpha value is -1.31. The van der Waals surface area contributed by atoms with Gasteiger partial charge in [-0.3, -0.25) is 0 Å². The molecule has 0 fully saturated rings. The Labute approximate surface area is 135 Å². The highest BCUT2D eigenvalue weighted by atomic mass is 28.4. The van der Waals surface area contributed by atoms with Gasteiger partial charge in [0.25, 0.3) is 0 Å². The third-order valence-corrected chi connectivity index (χ3v) is 9.60. The van der Waals surface area contributed by atoms with E-state index in [1.165, 1.54) is 5.56 Å². The highest BCUT2D eigenvalue weighted by Crippen LogP contribution is 2.46. The topological polar surface area (TPSA) is 53.2 Å². The molecule has 0 radical (unpaired) electrons. The van der Waals surface area contributed by atoms with Crippen LogP contribution in [0.25, 0.3) is 0 Å². The standard InChI is InChI=1S/C18H27NO2Si/c1-17(2,3)22(4,5)21-15-7-8-16-14(11-15)12-18(16,13-19)9-6-10-20/h7-8,11,20H,6,9-10,12H2,1-5H3. The number of benzene rings is 1. The van der Waals surface area contributed by atoms with E-state index >= 15 is 0 Å². The lowest BCUT2D eigenvalue weighted by Crippen LogP contribution is -2.44. The van der Waals surface area contributed by atoms with Crippen LogP contribution in [0, 0.1) is 11.3 Å². The molecule has 1 aliphatic carbocycles. The molecule has 0 heterocycles. The lowest BCUT2D eigenvalue weighted by Gasteiger charge is -2.40. The van der Waals surface area contributed by atoms with E-state index in [1.54, 1.807) is 0 Å². The molecule has 0 spiro atoms. The van der Waals surface area contributed by atoms with Gasteiger partial charge in [0, 0.05) is 6.61 Å². The van der Waals surface area contributed by atoms with Gasteiger partial charge in [-0.15, -0.1) is 0 Å². The average molecular weight is 318 g/mol. The zero-order valence-electron chi connectivity index (χ0n) is 14.4. The summed E-state index contributed by atoms with van der Waals surface area (Å²) >= 11 is 0. The van der Waals surface area contributed by atoms with Gasteiger partial charge in [-0.25, -0.2) is 0 Å². The summed E-state index contributed by atoms with van der Waals surface area (Å²) in [5.41, 5.74) is 1.94. The minimum absolute atomic E-state index is 0.144. The van der Waals surface area contributed by atoms with Gasteiger partial charge >= 0.3 is 0 Å². The van der Waals surface area contributed by atoms with Gasteiger partial charge in [0.2, 0.25) is 8.32 Å². The molecular weight excluding hydrogens is 290 g/mol. The molecule has 2 rings (SSSR count). The Kier molecular flexibility index (Phi) is 4.43. The van der Waals surface area contributed by atoms with Crippen LogP contribution in [0.3, 0.4) is 0 Å². The first-order valence-corrected chi connectivity index (χ1v) is 10.9. The Morgan fingerprint density at radius 2 is 2.05 bits per heavy atom. The minimum Gasteiger partial charge on any atom is -0.543 e. The molecule has 4 heteroatoms.